The van der Waals surface area contributed by atoms with E-state index in [2.05, 4.69) is 34.6 Å². The van der Waals surface area contributed by atoms with Crippen LogP contribution < -0.4 is 0 Å². The Morgan fingerprint density at radius 3 is 0.950 bits per heavy atom. The Kier molecular flexibility index (Phi) is 45.7. The summed E-state index contributed by atoms with van der Waals surface area (Å²) in [4.78, 5) is 38.0. The van der Waals surface area contributed by atoms with Crippen molar-refractivity contribution in [3.05, 3.63) is 0 Å². The Labute approximate surface area is 374 Å². The number of hydrogen-bond donors (Lipinski definition) is 0. The Morgan fingerprint density at radius 2 is 0.633 bits per heavy atom. The van der Waals surface area contributed by atoms with Gasteiger partial charge in [-0.25, -0.2) is 0 Å². The molecule has 1 unspecified atom stereocenters. The predicted molar refractivity (Wildman–Crippen MR) is 256 cm³/mol. The van der Waals surface area contributed by atoms with Gasteiger partial charge in [-0.1, -0.05) is 259 Å². The van der Waals surface area contributed by atoms with Gasteiger partial charge >= 0.3 is 17.9 Å². The molecule has 0 radical (unpaired) electrons. The number of esters is 3. The lowest BCUT2D eigenvalue weighted by Crippen LogP contribution is -2.30. The van der Waals surface area contributed by atoms with Crippen molar-refractivity contribution in [3.8, 4) is 0 Å². The van der Waals surface area contributed by atoms with Crippen LogP contribution in [0.2, 0.25) is 0 Å². The van der Waals surface area contributed by atoms with Crippen molar-refractivity contribution in [1.82, 2.24) is 0 Å². The summed E-state index contributed by atoms with van der Waals surface area (Å²) < 4.78 is 16.8. The molecule has 0 heterocycles. The Balaban J connectivity index is 4.29. The first-order chi connectivity index (χ1) is 29.3. The van der Waals surface area contributed by atoms with Crippen LogP contribution in [0.25, 0.3) is 0 Å². The molecule has 0 fully saturated rings. The van der Waals surface area contributed by atoms with Gasteiger partial charge in [0, 0.05) is 19.3 Å². The van der Waals surface area contributed by atoms with E-state index in [1.165, 1.54) is 186 Å². The summed E-state index contributed by atoms with van der Waals surface area (Å²) in [5.41, 5.74) is 0. The van der Waals surface area contributed by atoms with E-state index in [1.807, 2.05) is 0 Å². The fraction of sp³-hybridized carbons (Fsp3) is 0.944. The third-order valence-electron chi connectivity index (χ3n) is 12.6. The Hall–Kier alpha value is -1.59. The molecule has 0 aromatic heterocycles. The standard InChI is InChI=1S/C54H104O6/c1-6-8-9-10-11-12-13-14-15-16-17-18-19-23-29-34-39-44-52(55)58-47-51(48-59-53(56)45-40-35-30-26-25-27-32-37-42-49(3)4)60-54(57)46-41-36-31-24-21-20-22-28-33-38-43-50(5)7-2/h49-51H,6-48H2,1-5H3/t50?,51-/m0/s1. The summed E-state index contributed by atoms with van der Waals surface area (Å²) in [6.07, 6.45) is 48.0. The fourth-order valence-electron chi connectivity index (χ4n) is 8.13. The van der Waals surface area contributed by atoms with Crippen molar-refractivity contribution in [2.75, 3.05) is 13.2 Å². The fourth-order valence-corrected chi connectivity index (χ4v) is 8.13. The number of ether oxygens (including phenoxy) is 3. The molecule has 0 aliphatic rings. The highest BCUT2D eigenvalue weighted by Crippen LogP contribution is 2.18. The van der Waals surface area contributed by atoms with Crippen LogP contribution in [0.5, 0.6) is 0 Å². The van der Waals surface area contributed by atoms with Gasteiger partial charge in [0.2, 0.25) is 0 Å². The first kappa shape index (κ1) is 58.4. The van der Waals surface area contributed by atoms with Crippen molar-refractivity contribution < 1.29 is 28.6 Å². The molecule has 2 atom stereocenters. The van der Waals surface area contributed by atoms with Gasteiger partial charge in [-0.2, -0.15) is 0 Å². The van der Waals surface area contributed by atoms with E-state index in [4.69, 9.17) is 14.2 Å². The van der Waals surface area contributed by atoms with Crippen molar-refractivity contribution >= 4 is 17.9 Å². The zero-order chi connectivity index (χ0) is 44.0. The maximum atomic E-state index is 12.8. The second-order valence-electron chi connectivity index (χ2n) is 19.2. The molecule has 0 aromatic rings. The SMILES string of the molecule is CCCCCCCCCCCCCCCCCCCC(=O)OC[C@@H](COC(=O)CCCCCCCCCCC(C)C)OC(=O)CCCCCCCCCCCCC(C)CC. The third kappa shape index (κ3) is 45.9. The number of rotatable bonds is 48. The summed E-state index contributed by atoms with van der Waals surface area (Å²) in [5.74, 6) is 0.815. The average Bonchev–Trinajstić information content (AvgIpc) is 3.23. The lowest BCUT2D eigenvalue weighted by molar-refractivity contribution is -0.167. The van der Waals surface area contributed by atoms with Crippen molar-refractivity contribution in [3.63, 3.8) is 0 Å². The minimum absolute atomic E-state index is 0.0639. The van der Waals surface area contributed by atoms with E-state index in [1.54, 1.807) is 0 Å². The highest BCUT2D eigenvalue weighted by atomic mass is 16.6. The monoisotopic (exact) mass is 849 g/mol. The maximum Gasteiger partial charge on any atom is 0.306 e. The summed E-state index contributed by atoms with van der Waals surface area (Å²) in [6, 6.07) is 0. The highest BCUT2D eigenvalue weighted by Gasteiger charge is 2.19. The van der Waals surface area contributed by atoms with E-state index in [0.29, 0.717) is 19.3 Å². The normalized spacial score (nSPS) is 12.5. The van der Waals surface area contributed by atoms with E-state index in [9.17, 15) is 14.4 Å². The smallest absolute Gasteiger partial charge is 0.306 e. The van der Waals surface area contributed by atoms with Gasteiger partial charge in [0.05, 0.1) is 0 Å². The predicted octanol–water partition coefficient (Wildman–Crippen LogP) is 17.3. The second-order valence-corrected chi connectivity index (χ2v) is 19.2. The highest BCUT2D eigenvalue weighted by molar-refractivity contribution is 5.71. The molecule has 0 rings (SSSR count). The van der Waals surface area contributed by atoms with Crippen LogP contribution in [0.3, 0.4) is 0 Å². The van der Waals surface area contributed by atoms with E-state index in [0.717, 1.165) is 69.6 Å². The topological polar surface area (TPSA) is 78.9 Å². The van der Waals surface area contributed by atoms with Crippen LogP contribution >= 0.6 is 0 Å². The van der Waals surface area contributed by atoms with Crippen molar-refractivity contribution in [1.29, 1.82) is 0 Å². The lowest BCUT2D eigenvalue weighted by Gasteiger charge is -2.18. The summed E-state index contributed by atoms with van der Waals surface area (Å²) >= 11 is 0. The molecule has 6 nitrogen and oxygen atoms in total. The van der Waals surface area contributed by atoms with Gasteiger partial charge < -0.3 is 14.2 Å². The molecule has 60 heavy (non-hydrogen) atoms. The van der Waals surface area contributed by atoms with Crippen LogP contribution in [0.1, 0.15) is 298 Å². The molecule has 0 aliphatic carbocycles. The number of hydrogen-bond acceptors (Lipinski definition) is 6. The second kappa shape index (κ2) is 46.9. The largest absolute Gasteiger partial charge is 0.462 e. The van der Waals surface area contributed by atoms with Gasteiger partial charge in [-0.3, -0.25) is 14.4 Å². The molecule has 0 aliphatic heterocycles. The molecule has 0 amide bonds. The molecule has 0 aromatic carbocycles. The molecule has 0 spiro atoms. The van der Waals surface area contributed by atoms with E-state index in [-0.39, 0.29) is 31.1 Å². The van der Waals surface area contributed by atoms with Gasteiger partial charge in [0.15, 0.2) is 6.10 Å². The van der Waals surface area contributed by atoms with E-state index >= 15 is 0 Å². The summed E-state index contributed by atoms with van der Waals surface area (Å²) in [6.45, 7) is 11.4. The minimum Gasteiger partial charge on any atom is -0.462 e. The van der Waals surface area contributed by atoms with E-state index < -0.39 is 6.10 Å². The maximum absolute atomic E-state index is 12.8. The summed E-state index contributed by atoms with van der Waals surface area (Å²) in [5, 5.41) is 0. The third-order valence-corrected chi connectivity index (χ3v) is 12.6. The minimum atomic E-state index is -0.762. The number of carbonyl (C=O) groups excluding carboxylic acids is 3. The van der Waals surface area contributed by atoms with Crippen molar-refractivity contribution in [2.45, 2.75) is 304 Å². The molecule has 0 bridgehead atoms. The zero-order valence-electron chi connectivity index (χ0n) is 41.1. The van der Waals surface area contributed by atoms with Crippen LogP contribution in [0.4, 0.5) is 0 Å². The van der Waals surface area contributed by atoms with Crippen molar-refractivity contribution in [2.24, 2.45) is 11.8 Å². The average molecular weight is 849 g/mol. The van der Waals surface area contributed by atoms with Gasteiger partial charge in [0.25, 0.3) is 0 Å². The summed E-state index contributed by atoms with van der Waals surface area (Å²) in [7, 11) is 0. The van der Waals surface area contributed by atoms with Crippen LogP contribution in [0, 0.1) is 11.8 Å². The number of unbranched alkanes of at least 4 members (excludes halogenated alkanes) is 32. The van der Waals surface area contributed by atoms with Gasteiger partial charge in [0.1, 0.15) is 13.2 Å². The lowest BCUT2D eigenvalue weighted by atomic mass is 9.99. The first-order valence-corrected chi connectivity index (χ1v) is 26.8. The molecule has 0 N–H and O–H groups in total. The quantitative estimate of drug-likeness (QED) is 0.0345. The molecular formula is C54H104O6. The molecular weight excluding hydrogens is 745 g/mol. The van der Waals surface area contributed by atoms with Gasteiger partial charge in [-0.15, -0.1) is 0 Å². The van der Waals surface area contributed by atoms with Crippen LogP contribution in [-0.2, 0) is 28.6 Å². The Bertz CT molecular complexity index is 918. The molecule has 356 valence electrons. The Morgan fingerprint density at radius 1 is 0.350 bits per heavy atom. The van der Waals surface area contributed by atoms with Crippen LogP contribution in [-0.4, -0.2) is 37.2 Å². The molecule has 0 saturated carbocycles. The molecule has 0 saturated heterocycles. The molecule has 6 heteroatoms. The number of carbonyl (C=O) groups is 3. The van der Waals surface area contributed by atoms with Crippen LogP contribution in [0.15, 0.2) is 0 Å². The first-order valence-electron chi connectivity index (χ1n) is 26.8. The zero-order valence-corrected chi connectivity index (χ0v) is 41.1. The van der Waals surface area contributed by atoms with Gasteiger partial charge in [-0.05, 0) is 31.1 Å².